The molecule has 1 aliphatic heterocycles. The van der Waals surface area contributed by atoms with Gasteiger partial charge in [-0.25, -0.2) is 9.18 Å². The third-order valence-electron chi connectivity index (χ3n) is 5.09. The molecule has 1 atom stereocenters. The normalized spacial score (nSPS) is 15.8. The Bertz CT molecular complexity index is 885. The van der Waals surface area contributed by atoms with E-state index in [1.807, 2.05) is 13.8 Å². The number of amides is 3. The molecule has 1 aliphatic rings. The van der Waals surface area contributed by atoms with Crippen molar-refractivity contribution in [3.63, 3.8) is 0 Å². The van der Waals surface area contributed by atoms with Gasteiger partial charge in [-0.15, -0.1) is 0 Å². The van der Waals surface area contributed by atoms with E-state index in [1.54, 1.807) is 23.3 Å². The Hall–Kier alpha value is -2.58. The van der Waals surface area contributed by atoms with Crippen molar-refractivity contribution in [3.05, 3.63) is 53.2 Å². The van der Waals surface area contributed by atoms with E-state index in [4.69, 9.17) is 20.8 Å². The Morgan fingerprint density at radius 1 is 1.32 bits per heavy atom. The van der Waals surface area contributed by atoms with Gasteiger partial charge in [0.15, 0.2) is 0 Å². The maximum absolute atomic E-state index is 13.4. The Balaban J connectivity index is 1.69. The minimum absolute atomic E-state index is 0.0263. The maximum Gasteiger partial charge on any atom is 0.322 e. The molecule has 0 aliphatic carbocycles. The summed E-state index contributed by atoms with van der Waals surface area (Å²) in [5.74, 6) is -0.126. The fraction of sp³-hybridized carbons (Fsp3) is 0.455. The lowest BCUT2D eigenvalue weighted by Crippen LogP contribution is -2.48. The van der Waals surface area contributed by atoms with Crippen molar-refractivity contribution in [1.29, 1.82) is 0 Å². The Morgan fingerprint density at radius 3 is 2.74 bits per heavy atom. The van der Waals surface area contributed by atoms with Crippen LogP contribution in [0.4, 0.5) is 14.9 Å². The van der Waals surface area contributed by atoms with E-state index in [-0.39, 0.29) is 29.6 Å². The highest BCUT2D eigenvalue weighted by atomic mass is 35.5. The van der Waals surface area contributed by atoms with Crippen LogP contribution in [0.15, 0.2) is 41.0 Å². The molecule has 1 N–H and O–H groups in total. The Kier molecular flexibility index (Phi) is 7.92. The number of nitrogens with zero attached hydrogens (tertiary/aromatic N) is 2. The van der Waals surface area contributed by atoms with Crippen LogP contribution in [0.25, 0.3) is 0 Å². The number of nitrogens with one attached hydrogen (secondary N) is 1. The van der Waals surface area contributed by atoms with E-state index in [2.05, 4.69) is 5.32 Å². The van der Waals surface area contributed by atoms with Crippen LogP contribution in [-0.2, 0) is 16.1 Å². The van der Waals surface area contributed by atoms with Crippen LogP contribution >= 0.6 is 11.6 Å². The number of furan rings is 1. The van der Waals surface area contributed by atoms with Gasteiger partial charge in [0.2, 0.25) is 5.91 Å². The van der Waals surface area contributed by atoms with Gasteiger partial charge in [0.25, 0.3) is 0 Å². The van der Waals surface area contributed by atoms with Gasteiger partial charge in [0, 0.05) is 24.9 Å². The zero-order valence-electron chi connectivity index (χ0n) is 17.6. The van der Waals surface area contributed by atoms with Gasteiger partial charge >= 0.3 is 6.03 Å². The molecule has 31 heavy (non-hydrogen) atoms. The minimum atomic E-state index is -0.571. The third kappa shape index (κ3) is 6.45. The molecule has 0 saturated carbocycles. The van der Waals surface area contributed by atoms with Gasteiger partial charge in [-0.2, -0.15) is 0 Å². The number of halogens is 2. The number of hydrogen-bond donors (Lipinski definition) is 1. The summed E-state index contributed by atoms with van der Waals surface area (Å²) in [6.45, 7) is 4.94. The number of benzene rings is 1. The number of rotatable bonds is 8. The molecule has 1 fully saturated rings. The van der Waals surface area contributed by atoms with Crippen molar-refractivity contribution in [2.45, 2.75) is 45.4 Å². The second kappa shape index (κ2) is 10.6. The summed E-state index contributed by atoms with van der Waals surface area (Å²) in [7, 11) is 0. The largest absolute Gasteiger partial charge is 0.467 e. The first kappa shape index (κ1) is 23.1. The molecule has 1 aromatic heterocycles. The fourth-order valence-electron chi connectivity index (χ4n) is 3.38. The number of hydrogen-bond acceptors (Lipinski definition) is 4. The van der Waals surface area contributed by atoms with E-state index in [0.29, 0.717) is 31.1 Å². The average molecular weight is 452 g/mol. The summed E-state index contributed by atoms with van der Waals surface area (Å²) in [5.41, 5.74) is 0.348. The van der Waals surface area contributed by atoms with E-state index in [0.717, 1.165) is 12.8 Å². The molecule has 1 saturated heterocycles. The summed E-state index contributed by atoms with van der Waals surface area (Å²) >= 11 is 5.79. The predicted octanol–water partition coefficient (Wildman–Crippen LogP) is 4.52. The van der Waals surface area contributed by atoms with Crippen molar-refractivity contribution in [1.82, 2.24) is 9.80 Å². The number of anilines is 1. The first-order valence-electron chi connectivity index (χ1n) is 10.3. The number of urea groups is 1. The summed E-state index contributed by atoms with van der Waals surface area (Å²) < 4.78 is 24.5. The average Bonchev–Trinajstić information content (AvgIpc) is 3.42. The standard InChI is InChI=1S/C22H27ClFN3O4/c1-15(2)27(22(29)25-16-7-8-20(24)19(23)11-16)14-21(28)26(12-17-5-3-9-30-17)13-18-6-4-10-31-18/h3,5,7-9,11,15,18H,4,6,10,12-14H2,1-2H3,(H,25,29). The summed E-state index contributed by atoms with van der Waals surface area (Å²) in [6, 6.07) is 6.78. The molecule has 9 heteroatoms. The fourth-order valence-corrected chi connectivity index (χ4v) is 3.56. The molecular formula is C22H27ClFN3O4. The van der Waals surface area contributed by atoms with E-state index >= 15 is 0 Å². The molecule has 0 spiro atoms. The van der Waals surface area contributed by atoms with Gasteiger partial charge in [-0.05, 0) is 57.0 Å². The molecule has 0 radical (unpaired) electrons. The van der Waals surface area contributed by atoms with Gasteiger partial charge < -0.3 is 24.3 Å². The quantitative estimate of drug-likeness (QED) is 0.640. The first-order chi connectivity index (χ1) is 14.8. The molecule has 0 bridgehead atoms. The minimum Gasteiger partial charge on any atom is -0.467 e. The molecule has 2 heterocycles. The van der Waals surface area contributed by atoms with Crippen LogP contribution in [0.3, 0.4) is 0 Å². The summed E-state index contributed by atoms with van der Waals surface area (Å²) in [4.78, 5) is 29.1. The van der Waals surface area contributed by atoms with Crippen molar-refractivity contribution < 1.29 is 23.1 Å². The predicted molar refractivity (Wildman–Crippen MR) is 115 cm³/mol. The zero-order chi connectivity index (χ0) is 22.4. The summed E-state index contributed by atoms with van der Waals surface area (Å²) in [5, 5.41) is 2.58. The van der Waals surface area contributed by atoms with Crippen molar-refractivity contribution >= 4 is 29.2 Å². The SMILES string of the molecule is CC(C)N(CC(=O)N(Cc1ccco1)CC1CCCO1)C(=O)Nc1ccc(F)c(Cl)c1. The number of carbonyl (C=O) groups is 2. The highest BCUT2D eigenvalue weighted by molar-refractivity contribution is 6.31. The third-order valence-corrected chi connectivity index (χ3v) is 5.38. The van der Waals surface area contributed by atoms with Crippen LogP contribution < -0.4 is 5.32 Å². The molecular weight excluding hydrogens is 425 g/mol. The topological polar surface area (TPSA) is 75.0 Å². The summed E-state index contributed by atoms with van der Waals surface area (Å²) in [6.07, 6.45) is 3.39. The lowest BCUT2D eigenvalue weighted by atomic mass is 10.2. The smallest absolute Gasteiger partial charge is 0.322 e. The van der Waals surface area contributed by atoms with Gasteiger partial charge in [-0.3, -0.25) is 4.79 Å². The number of carbonyl (C=O) groups excluding carboxylic acids is 2. The maximum atomic E-state index is 13.4. The van der Waals surface area contributed by atoms with Gasteiger partial charge in [0.1, 0.15) is 18.1 Å². The van der Waals surface area contributed by atoms with E-state index in [1.165, 1.54) is 23.1 Å². The van der Waals surface area contributed by atoms with Crippen LogP contribution in [0.1, 0.15) is 32.4 Å². The molecule has 168 valence electrons. The highest BCUT2D eigenvalue weighted by Gasteiger charge is 2.27. The highest BCUT2D eigenvalue weighted by Crippen LogP contribution is 2.20. The van der Waals surface area contributed by atoms with Crippen LogP contribution in [-0.4, -0.2) is 53.6 Å². The Morgan fingerprint density at radius 2 is 2.13 bits per heavy atom. The van der Waals surface area contributed by atoms with Crippen molar-refractivity contribution in [2.75, 3.05) is 25.0 Å². The molecule has 3 amide bonds. The molecule has 7 nitrogen and oxygen atoms in total. The molecule has 3 rings (SSSR count). The molecule has 1 unspecified atom stereocenters. The molecule has 2 aromatic rings. The van der Waals surface area contributed by atoms with Crippen LogP contribution in [0.5, 0.6) is 0 Å². The van der Waals surface area contributed by atoms with Gasteiger partial charge in [-0.1, -0.05) is 11.6 Å². The Labute approximate surface area is 186 Å². The van der Waals surface area contributed by atoms with Crippen molar-refractivity contribution in [3.8, 4) is 0 Å². The van der Waals surface area contributed by atoms with Crippen LogP contribution in [0.2, 0.25) is 5.02 Å². The second-order valence-corrected chi connectivity index (χ2v) is 8.18. The second-order valence-electron chi connectivity index (χ2n) is 7.77. The van der Waals surface area contributed by atoms with E-state index in [9.17, 15) is 14.0 Å². The van der Waals surface area contributed by atoms with Gasteiger partial charge in [0.05, 0.1) is 23.9 Å². The van der Waals surface area contributed by atoms with Crippen molar-refractivity contribution in [2.24, 2.45) is 0 Å². The monoisotopic (exact) mass is 451 g/mol. The lowest BCUT2D eigenvalue weighted by molar-refractivity contribution is -0.134. The lowest BCUT2D eigenvalue weighted by Gasteiger charge is -2.31. The zero-order valence-corrected chi connectivity index (χ0v) is 18.4. The molecule has 1 aromatic carbocycles. The number of ether oxygens (including phenoxy) is 1. The first-order valence-corrected chi connectivity index (χ1v) is 10.7. The van der Waals surface area contributed by atoms with Crippen LogP contribution in [0, 0.1) is 5.82 Å². The van der Waals surface area contributed by atoms with E-state index < -0.39 is 11.8 Å².